The molecule has 1 unspecified atom stereocenters. The number of hydrogen-bond donors (Lipinski definition) is 1. The smallest absolute Gasteiger partial charge is 0.0451 e. The molecule has 1 aromatic rings. The lowest BCUT2D eigenvalue weighted by atomic mass is 9.71. The molecule has 0 spiro atoms. The Bertz CT molecular complexity index is 473. The van der Waals surface area contributed by atoms with Crippen LogP contribution in [-0.2, 0) is 11.8 Å². The van der Waals surface area contributed by atoms with Gasteiger partial charge in [0.05, 0.1) is 0 Å². The molecule has 0 amide bonds. The van der Waals surface area contributed by atoms with Crippen LogP contribution in [0.15, 0.2) is 24.3 Å². The van der Waals surface area contributed by atoms with Crippen molar-refractivity contribution in [2.24, 2.45) is 0 Å². The molecule has 0 aliphatic heterocycles. The molecule has 2 aliphatic rings. The Labute approximate surface area is 125 Å². The van der Waals surface area contributed by atoms with E-state index in [0.29, 0.717) is 5.41 Å². The minimum absolute atomic E-state index is 0.419. The van der Waals surface area contributed by atoms with Crippen molar-refractivity contribution >= 4 is 8.07 Å². The van der Waals surface area contributed by atoms with Gasteiger partial charge < -0.3 is 5.32 Å². The first-order valence-electron chi connectivity index (χ1n) is 8.30. The highest BCUT2D eigenvalue weighted by Crippen LogP contribution is 2.43. The van der Waals surface area contributed by atoms with Gasteiger partial charge >= 0.3 is 0 Å². The number of hydrogen-bond acceptors (Lipinski definition) is 1. The minimum Gasteiger partial charge on any atom is -0.313 e. The average molecular weight is 288 g/mol. The SMILES string of the molecule is C[Si](C)(C)CC1(CNC2CC2)CCCc2ccccc21. The summed E-state index contributed by atoms with van der Waals surface area (Å²) >= 11 is 0. The zero-order valence-corrected chi connectivity index (χ0v) is 14.3. The van der Waals surface area contributed by atoms with E-state index in [4.69, 9.17) is 0 Å². The lowest BCUT2D eigenvalue weighted by Crippen LogP contribution is -2.46. The van der Waals surface area contributed by atoms with E-state index in [2.05, 4.69) is 49.2 Å². The third-order valence-electron chi connectivity index (χ3n) is 4.87. The van der Waals surface area contributed by atoms with Gasteiger partial charge in [0.1, 0.15) is 0 Å². The molecule has 0 aromatic heterocycles. The lowest BCUT2D eigenvalue weighted by Gasteiger charge is -2.43. The minimum atomic E-state index is -1.08. The summed E-state index contributed by atoms with van der Waals surface area (Å²) in [4.78, 5) is 0. The van der Waals surface area contributed by atoms with Gasteiger partial charge in [-0.05, 0) is 49.3 Å². The first kappa shape index (κ1) is 14.3. The molecule has 1 saturated carbocycles. The van der Waals surface area contributed by atoms with E-state index in [1.54, 1.807) is 11.1 Å². The average Bonchev–Trinajstić information content (AvgIpc) is 3.19. The second-order valence-electron chi connectivity index (χ2n) is 8.18. The predicted octanol–water partition coefficient (Wildman–Crippen LogP) is 4.35. The summed E-state index contributed by atoms with van der Waals surface area (Å²) in [5.41, 5.74) is 3.71. The van der Waals surface area contributed by atoms with Crippen molar-refractivity contribution in [1.82, 2.24) is 5.32 Å². The van der Waals surface area contributed by atoms with Crippen molar-refractivity contribution in [1.29, 1.82) is 0 Å². The topological polar surface area (TPSA) is 12.0 Å². The van der Waals surface area contributed by atoms with Crippen LogP contribution in [-0.4, -0.2) is 20.7 Å². The van der Waals surface area contributed by atoms with Crippen LogP contribution in [0.2, 0.25) is 25.7 Å². The number of aryl methyl sites for hydroxylation is 1. The van der Waals surface area contributed by atoms with Gasteiger partial charge in [0.25, 0.3) is 0 Å². The Morgan fingerprint density at radius 3 is 2.65 bits per heavy atom. The largest absolute Gasteiger partial charge is 0.313 e. The summed E-state index contributed by atoms with van der Waals surface area (Å²) in [6.45, 7) is 8.80. The third-order valence-corrected chi connectivity index (χ3v) is 6.60. The molecule has 110 valence electrons. The monoisotopic (exact) mass is 287 g/mol. The zero-order valence-electron chi connectivity index (χ0n) is 13.3. The molecule has 20 heavy (non-hydrogen) atoms. The molecule has 0 heterocycles. The van der Waals surface area contributed by atoms with Crippen LogP contribution >= 0.6 is 0 Å². The van der Waals surface area contributed by atoms with E-state index in [9.17, 15) is 0 Å². The molecular weight excluding hydrogens is 258 g/mol. The summed E-state index contributed by atoms with van der Waals surface area (Å²) in [7, 11) is -1.08. The van der Waals surface area contributed by atoms with Crippen LogP contribution < -0.4 is 5.32 Å². The van der Waals surface area contributed by atoms with E-state index in [1.807, 2.05) is 0 Å². The summed E-state index contributed by atoms with van der Waals surface area (Å²) in [6, 6.07) is 11.5. The fraction of sp³-hybridized carbons (Fsp3) is 0.667. The van der Waals surface area contributed by atoms with Crippen molar-refractivity contribution in [2.75, 3.05) is 6.54 Å². The van der Waals surface area contributed by atoms with Gasteiger partial charge in [0, 0.05) is 26.1 Å². The molecule has 1 atom stereocenters. The highest BCUT2D eigenvalue weighted by atomic mass is 28.3. The molecule has 2 aliphatic carbocycles. The van der Waals surface area contributed by atoms with Gasteiger partial charge in [-0.2, -0.15) is 0 Å². The number of benzene rings is 1. The highest BCUT2D eigenvalue weighted by Gasteiger charge is 2.40. The third kappa shape index (κ3) is 3.17. The van der Waals surface area contributed by atoms with Crippen LogP contribution in [0.5, 0.6) is 0 Å². The quantitative estimate of drug-likeness (QED) is 0.794. The van der Waals surface area contributed by atoms with Gasteiger partial charge in [-0.1, -0.05) is 43.9 Å². The van der Waals surface area contributed by atoms with Crippen molar-refractivity contribution < 1.29 is 0 Å². The van der Waals surface area contributed by atoms with Gasteiger partial charge in [-0.25, -0.2) is 0 Å². The van der Waals surface area contributed by atoms with Gasteiger partial charge in [-0.3, -0.25) is 0 Å². The maximum atomic E-state index is 3.85. The van der Waals surface area contributed by atoms with Crippen LogP contribution in [0, 0.1) is 0 Å². The molecule has 1 nitrogen and oxygen atoms in total. The first-order chi connectivity index (χ1) is 9.49. The van der Waals surface area contributed by atoms with Gasteiger partial charge in [0.2, 0.25) is 0 Å². The maximum Gasteiger partial charge on any atom is 0.0451 e. The Balaban J connectivity index is 1.92. The normalized spacial score (nSPS) is 26.4. The lowest BCUT2D eigenvalue weighted by molar-refractivity contribution is 0.364. The summed E-state index contributed by atoms with van der Waals surface area (Å²) in [6.07, 6.45) is 6.82. The molecular formula is C18H29NSi. The van der Waals surface area contributed by atoms with E-state index >= 15 is 0 Å². The fourth-order valence-electron chi connectivity index (χ4n) is 4.08. The second-order valence-corrected chi connectivity index (χ2v) is 13.7. The molecule has 1 aromatic carbocycles. The van der Waals surface area contributed by atoms with Crippen molar-refractivity contribution in [3.05, 3.63) is 35.4 Å². The van der Waals surface area contributed by atoms with E-state index in [0.717, 1.165) is 6.04 Å². The molecule has 0 bridgehead atoms. The van der Waals surface area contributed by atoms with Crippen molar-refractivity contribution in [3.8, 4) is 0 Å². The van der Waals surface area contributed by atoms with E-state index in [-0.39, 0.29) is 0 Å². The Morgan fingerprint density at radius 1 is 1.20 bits per heavy atom. The first-order valence-corrected chi connectivity index (χ1v) is 12.0. The van der Waals surface area contributed by atoms with Crippen LogP contribution in [0.3, 0.4) is 0 Å². The fourth-order valence-corrected chi connectivity index (χ4v) is 6.60. The zero-order chi connectivity index (χ0) is 14.2. The predicted molar refractivity (Wildman–Crippen MR) is 90.2 cm³/mol. The number of fused-ring (bicyclic) bond motifs is 1. The molecule has 0 radical (unpaired) electrons. The standard InChI is InChI=1S/C18H29NSi/c1-20(2,3)14-18(13-19-16-10-11-16)12-6-8-15-7-4-5-9-17(15)18/h4-5,7,9,16,19H,6,8,10-14H2,1-3H3. The Kier molecular flexibility index (Phi) is 3.80. The molecule has 3 rings (SSSR count). The van der Waals surface area contributed by atoms with Crippen LogP contribution in [0.1, 0.15) is 36.8 Å². The van der Waals surface area contributed by atoms with Crippen LogP contribution in [0.4, 0.5) is 0 Å². The van der Waals surface area contributed by atoms with Crippen LogP contribution in [0.25, 0.3) is 0 Å². The van der Waals surface area contributed by atoms with Crippen molar-refractivity contribution in [2.45, 2.75) is 69.2 Å². The highest BCUT2D eigenvalue weighted by molar-refractivity contribution is 6.76. The summed E-state index contributed by atoms with van der Waals surface area (Å²) in [5, 5.41) is 3.85. The molecule has 0 saturated heterocycles. The Hall–Kier alpha value is -0.603. The Morgan fingerprint density at radius 2 is 1.95 bits per heavy atom. The van der Waals surface area contributed by atoms with E-state index < -0.39 is 8.07 Å². The van der Waals surface area contributed by atoms with Gasteiger partial charge in [0.15, 0.2) is 0 Å². The summed E-state index contributed by atoms with van der Waals surface area (Å²) < 4.78 is 0. The molecule has 1 N–H and O–H groups in total. The summed E-state index contributed by atoms with van der Waals surface area (Å²) in [5.74, 6) is 0. The van der Waals surface area contributed by atoms with E-state index in [1.165, 1.54) is 44.7 Å². The van der Waals surface area contributed by atoms with Gasteiger partial charge in [-0.15, -0.1) is 0 Å². The number of rotatable bonds is 5. The second kappa shape index (κ2) is 5.30. The maximum absolute atomic E-state index is 3.85. The van der Waals surface area contributed by atoms with Crippen molar-refractivity contribution in [3.63, 3.8) is 0 Å². The number of nitrogens with one attached hydrogen (secondary N) is 1. The molecule has 1 fully saturated rings. The molecule has 2 heteroatoms.